The standard InChI is InChI=1S/C24H12N2S5/c25-13-15(14-26)12-16-7-11-30-22(16)24-21(18-5-2-9-28-18)20(17-4-1-8-27-17)23(31-24)19-6-3-10-29-19/h1-12H. The lowest BCUT2D eigenvalue weighted by molar-refractivity contribution is 1.47. The molecule has 7 heteroatoms. The lowest BCUT2D eigenvalue weighted by atomic mass is 10.0. The SMILES string of the molecule is N#CC(C#N)=Cc1ccsc1-c1sc(-c2cccs2)c(-c2cccs2)c1-c1cccs1. The summed E-state index contributed by atoms with van der Waals surface area (Å²) in [6.45, 7) is 0. The van der Waals surface area contributed by atoms with Crippen molar-refractivity contribution < 1.29 is 0 Å². The van der Waals surface area contributed by atoms with Gasteiger partial charge in [-0.3, -0.25) is 0 Å². The topological polar surface area (TPSA) is 47.6 Å². The van der Waals surface area contributed by atoms with Crippen LogP contribution in [-0.2, 0) is 0 Å². The first-order valence-corrected chi connectivity index (χ1v) is 13.5. The molecule has 148 valence electrons. The molecule has 2 nitrogen and oxygen atoms in total. The molecule has 0 saturated carbocycles. The molecule has 0 aliphatic carbocycles. The molecule has 0 spiro atoms. The third-order valence-corrected chi connectivity index (χ3v) is 9.74. The van der Waals surface area contributed by atoms with E-state index in [2.05, 4.69) is 52.5 Å². The first-order valence-electron chi connectivity index (χ1n) is 9.18. The summed E-state index contributed by atoms with van der Waals surface area (Å²) in [5.41, 5.74) is 3.53. The van der Waals surface area contributed by atoms with E-state index in [4.69, 9.17) is 0 Å². The monoisotopic (exact) mass is 488 g/mol. The summed E-state index contributed by atoms with van der Waals surface area (Å²) in [6, 6.07) is 18.8. The zero-order valence-corrected chi connectivity index (χ0v) is 19.9. The third kappa shape index (κ3) is 3.72. The Bertz CT molecular complexity index is 1420. The quantitative estimate of drug-likeness (QED) is 0.232. The minimum Gasteiger partial charge on any atom is -0.192 e. The summed E-state index contributed by atoms with van der Waals surface area (Å²) < 4.78 is 0. The molecular formula is C24H12N2S5. The van der Waals surface area contributed by atoms with Crippen LogP contribution in [0.5, 0.6) is 0 Å². The number of nitriles is 2. The first kappa shape index (κ1) is 20.1. The minimum absolute atomic E-state index is 0.117. The van der Waals surface area contributed by atoms with Gasteiger partial charge in [-0.05, 0) is 57.4 Å². The number of thiophene rings is 5. The number of allylic oxidation sites excluding steroid dienone is 1. The maximum Gasteiger partial charge on any atom is 0.130 e. The van der Waals surface area contributed by atoms with Crippen molar-refractivity contribution in [3.05, 3.63) is 75.1 Å². The number of rotatable bonds is 5. The maximum atomic E-state index is 9.26. The molecule has 0 saturated heterocycles. The molecule has 0 bridgehead atoms. The largest absolute Gasteiger partial charge is 0.192 e. The number of hydrogen-bond acceptors (Lipinski definition) is 7. The Morgan fingerprint density at radius 2 is 1.23 bits per heavy atom. The van der Waals surface area contributed by atoms with Crippen molar-refractivity contribution in [3.63, 3.8) is 0 Å². The molecule has 0 amide bonds. The molecule has 0 aromatic carbocycles. The Labute approximate surface area is 199 Å². The summed E-state index contributed by atoms with van der Waals surface area (Å²) in [5, 5.41) is 26.9. The summed E-state index contributed by atoms with van der Waals surface area (Å²) in [4.78, 5) is 7.27. The van der Waals surface area contributed by atoms with Gasteiger partial charge in [0.25, 0.3) is 0 Å². The van der Waals surface area contributed by atoms with Crippen LogP contribution in [0.1, 0.15) is 5.56 Å². The zero-order valence-electron chi connectivity index (χ0n) is 15.9. The van der Waals surface area contributed by atoms with E-state index in [-0.39, 0.29) is 5.57 Å². The smallest absolute Gasteiger partial charge is 0.130 e. The summed E-state index contributed by atoms with van der Waals surface area (Å²) in [7, 11) is 0. The highest BCUT2D eigenvalue weighted by Gasteiger charge is 2.26. The highest BCUT2D eigenvalue weighted by Crippen LogP contribution is 2.55. The van der Waals surface area contributed by atoms with Crippen LogP contribution >= 0.6 is 56.7 Å². The van der Waals surface area contributed by atoms with Gasteiger partial charge in [-0.25, -0.2) is 0 Å². The predicted molar refractivity (Wildman–Crippen MR) is 137 cm³/mol. The van der Waals surface area contributed by atoms with E-state index in [1.807, 2.05) is 23.6 Å². The fourth-order valence-electron chi connectivity index (χ4n) is 3.35. The second kappa shape index (κ2) is 8.76. The average Bonchev–Trinajstić information content (AvgIpc) is 3.61. The fraction of sp³-hybridized carbons (Fsp3) is 0. The Morgan fingerprint density at radius 1 is 0.645 bits per heavy atom. The molecule has 5 aromatic rings. The molecule has 5 heterocycles. The number of nitrogens with zero attached hydrogens (tertiary/aromatic N) is 2. The molecule has 0 aliphatic rings. The second-order valence-corrected chi connectivity index (χ2v) is 11.2. The minimum atomic E-state index is 0.117. The third-order valence-electron chi connectivity index (χ3n) is 4.63. The molecule has 0 fully saturated rings. The first-order chi connectivity index (χ1) is 15.3. The van der Waals surface area contributed by atoms with E-state index in [0.29, 0.717) is 0 Å². The van der Waals surface area contributed by atoms with Crippen LogP contribution in [0.2, 0.25) is 0 Å². The van der Waals surface area contributed by atoms with Gasteiger partial charge in [-0.1, -0.05) is 18.2 Å². The van der Waals surface area contributed by atoms with E-state index in [1.54, 1.807) is 62.8 Å². The Balaban J connectivity index is 1.84. The van der Waals surface area contributed by atoms with Gasteiger partial charge in [-0.15, -0.1) is 56.7 Å². The van der Waals surface area contributed by atoms with Crippen molar-refractivity contribution >= 4 is 62.8 Å². The van der Waals surface area contributed by atoms with Gasteiger partial charge in [0.2, 0.25) is 0 Å². The van der Waals surface area contributed by atoms with Crippen LogP contribution in [0.3, 0.4) is 0 Å². The van der Waals surface area contributed by atoms with Crippen LogP contribution in [0, 0.1) is 22.7 Å². The summed E-state index contributed by atoms with van der Waals surface area (Å²) >= 11 is 8.69. The zero-order chi connectivity index (χ0) is 21.2. The van der Waals surface area contributed by atoms with Crippen molar-refractivity contribution in [3.8, 4) is 52.5 Å². The van der Waals surface area contributed by atoms with E-state index < -0.39 is 0 Å². The highest BCUT2D eigenvalue weighted by atomic mass is 32.1. The van der Waals surface area contributed by atoms with Crippen molar-refractivity contribution in [2.24, 2.45) is 0 Å². The van der Waals surface area contributed by atoms with Crippen molar-refractivity contribution in [2.45, 2.75) is 0 Å². The Hall–Kier alpha value is -2.78. The van der Waals surface area contributed by atoms with E-state index in [9.17, 15) is 10.5 Å². The van der Waals surface area contributed by atoms with Crippen LogP contribution in [0.4, 0.5) is 0 Å². The molecule has 31 heavy (non-hydrogen) atoms. The van der Waals surface area contributed by atoms with Crippen molar-refractivity contribution in [1.29, 1.82) is 10.5 Å². The second-order valence-electron chi connectivity index (χ2n) is 6.43. The van der Waals surface area contributed by atoms with Gasteiger partial charge >= 0.3 is 0 Å². The van der Waals surface area contributed by atoms with Gasteiger partial charge in [0, 0.05) is 25.8 Å². The number of hydrogen-bond donors (Lipinski definition) is 0. The van der Waals surface area contributed by atoms with Crippen molar-refractivity contribution in [2.75, 3.05) is 0 Å². The van der Waals surface area contributed by atoms with Gasteiger partial charge in [-0.2, -0.15) is 10.5 Å². The van der Waals surface area contributed by atoms with Crippen LogP contribution in [0.15, 0.2) is 69.6 Å². The van der Waals surface area contributed by atoms with Crippen LogP contribution < -0.4 is 0 Å². The normalized spacial score (nSPS) is 10.5. The lowest BCUT2D eigenvalue weighted by Gasteiger charge is -2.06. The van der Waals surface area contributed by atoms with E-state index >= 15 is 0 Å². The molecule has 5 aromatic heterocycles. The van der Waals surface area contributed by atoms with Crippen LogP contribution in [-0.4, -0.2) is 0 Å². The molecule has 0 N–H and O–H groups in total. The summed E-state index contributed by atoms with van der Waals surface area (Å²) in [6.07, 6.45) is 1.69. The maximum absolute atomic E-state index is 9.26. The molecular weight excluding hydrogens is 477 g/mol. The van der Waals surface area contributed by atoms with Crippen molar-refractivity contribution in [1.82, 2.24) is 0 Å². The average molecular weight is 489 g/mol. The van der Waals surface area contributed by atoms with Gasteiger partial charge in [0.1, 0.15) is 17.7 Å². The lowest BCUT2D eigenvalue weighted by Crippen LogP contribution is -1.81. The Morgan fingerprint density at radius 3 is 1.77 bits per heavy atom. The summed E-state index contributed by atoms with van der Waals surface area (Å²) in [5.74, 6) is 0. The van der Waals surface area contributed by atoms with Gasteiger partial charge in [0.05, 0.1) is 14.6 Å². The molecule has 0 unspecified atom stereocenters. The van der Waals surface area contributed by atoms with E-state index in [0.717, 1.165) is 10.4 Å². The molecule has 0 atom stereocenters. The Kier molecular flexibility index (Phi) is 5.69. The van der Waals surface area contributed by atoms with Crippen LogP contribution in [0.25, 0.3) is 46.5 Å². The highest BCUT2D eigenvalue weighted by molar-refractivity contribution is 7.28. The molecule has 0 radical (unpaired) electrons. The molecule has 0 aliphatic heterocycles. The van der Waals surface area contributed by atoms with E-state index in [1.165, 1.54) is 35.5 Å². The fourth-order valence-corrected chi connectivity index (χ4v) is 8.28. The van der Waals surface area contributed by atoms with Gasteiger partial charge < -0.3 is 0 Å². The van der Waals surface area contributed by atoms with Gasteiger partial charge in [0.15, 0.2) is 0 Å². The molecule has 5 rings (SSSR count). The predicted octanol–water partition coefficient (Wildman–Crippen LogP) is 9.09.